The number of nitrogens with two attached hydrogens (primary N) is 1. The second-order valence-corrected chi connectivity index (χ2v) is 4.38. The van der Waals surface area contributed by atoms with E-state index in [1.807, 2.05) is 0 Å². The predicted molar refractivity (Wildman–Crippen MR) is 71.0 cm³/mol. The Balaban J connectivity index is 3.03. The Labute approximate surface area is 126 Å². The molecule has 0 fully saturated rings. The smallest absolute Gasteiger partial charge is 0.208 e. The van der Waals surface area contributed by atoms with Crippen molar-refractivity contribution in [1.29, 1.82) is 0 Å². The Bertz CT molecular complexity index is 796. The maximum Gasteiger partial charge on any atom is 0.208 e. The van der Waals surface area contributed by atoms with Gasteiger partial charge in [-0.15, -0.1) is 0 Å². The van der Waals surface area contributed by atoms with Crippen molar-refractivity contribution in [1.82, 2.24) is 0 Å². The SMILES string of the molecule is COc1c(N)c(F)c(F)c(-c2c(O)c(O)c(O)c(O)c2O)c1F. The minimum atomic E-state index is -1.92. The van der Waals surface area contributed by atoms with Gasteiger partial charge in [0.25, 0.3) is 0 Å². The van der Waals surface area contributed by atoms with Crippen molar-refractivity contribution in [2.75, 3.05) is 12.8 Å². The first-order valence-corrected chi connectivity index (χ1v) is 5.84. The van der Waals surface area contributed by atoms with E-state index in [0.29, 0.717) is 0 Å². The summed E-state index contributed by atoms with van der Waals surface area (Å²) in [5, 5.41) is 47.5. The molecule has 2 aromatic carbocycles. The number of anilines is 1. The minimum Gasteiger partial charge on any atom is -0.504 e. The highest BCUT2D eigenvalue weighted by Crippen LogP contribution is 2.56. The summed E-state index contributed by atoms with van der Waals surface area (Å²) < 4.78 is 46.6. The lowest BCUT2D eigenvalue weighted by atomic mass is 9.99. The molecule has 0 atom stereocenters. The molecule has 0 unspecified atom stereocenters. The van der Waals surface area contributed by atoms with Crippen LogP contribution in [0.1, 0.15) is 0 Å². The molecule has 0 saturated carbocycles. The van der Waals surface area contributed by atoms with E-state index in [1.54, 1.807) is 0 Å². The molecule has 0 bridgehead atoms. The first kappa shape index (κ1) is 16.2. The lowest BCUT2D eigenvalue weighted by Gasteiger charge is -2.16. The number of aromatic hydroxyl groups is 5. The quantitative estimate of drug-likeness (QED) is 0.214. The molecule has 0 heterocycles. The van der Waals surface area contributed by atoms with E-state index in [9.17, 15) is 38.7 Å². The van der Waals surface area contributed by atoms with Crippen LogP contribution in [-0.4, -0.2) is 32.6 Å². The van der Waals surface area contributed by atoms with Crippen molar-refractivity contribution in [3.05, 3.63) is 17.5 Å². The molecule has 10 heteroatoms. The fourth-order valence-corrected chi connectivity index (χ4v) is 2.00. The molecule has 2 aromatic rings. The van der Waals surface area contributed by atoms with Crippen molar-refractivity contribution in [2.45, 2.75) is 0 Å². The number of phenols is 5. The Morgan fingerprint density at radius 3 is 1.57 bits per heavy atom. The largest absolute Gasteiger partial charge is 0.504 e. The van der Waals surface area contributed by atoms with Gasteiger partial charge in [0, 0.05) is 0 Å². The Morgan fingerprint density at radius 2 is 1.13 bits per heavy atom. The standard InChI is InChI=1S/C13H10F3NO6/c1-23-13-5(15)2(4(14)6(16)7(13)17)3-8(18)10(20)12(22)11(21)9(3)19/h18-22H,17H2,1H3. The van der Waals surface area contributed by atoms with E-state index in [4.69, 9.17) is 5.73 Å². The Hall–Kier alpha value is -3.17. The molecule has 7 N–H and O–H groups in total. The summed E-state index contributed by atoms with van der Waals surface area (Å²) in [7, 11) is 0.904. The maximum absolute atomic E-state index is 14.3. The van der Waals surface area contributed by atoms with Crippen molar-refractivity contribution >= 4 is 5.69 Å². The average Bonchev–Trinajstić information content (AvgIpc) is 2.52. The number of nitrogen functional groups attached to an aromatic ring is 1. The molecule has 2 rings (SSSR count). The molecule has 0 aliphatic carbocycles. The van der Waals surface area contributed by atoms with Gasteiger partial charge in [-0.25, -0.2) is 13.2 Å². The highest BCUT2D eigenvalue weighted by molar-refractivity contribution is 5.87. The maximum atomic E-state index is 14.3. The van der Waals surface area contributed by atoms with Crippen molar-refractivity contribution < 1.29 is 43.4 Å². The second-order valence-electron chi connectivity index (χ2n) is 4.38. The van der Waals surface area contributed by atoms with Crippen LogP contribution < -0.4 is 10.5 Å². The van der Waals surface area contributed by atoms with Crippen LogP contribution in [0.5, 0.6) is 34.5 Å². The molecule has 7 nitrogen and oxygen atoms in total. The molecule has 0 aromatic heterocycles. The van der Waals surface area contributed by atoms with Gasteiger partial charge in [-0.1, -0.05) is 0 Å². The molecular weight excluding hydrogens is 323 g/mol. The number of ether oxygens (including phenoxy) is 1. The summed E-state index contributed by atoms with van der Waals surface area (Å²) in [6.45, 7) is 0. The number of hydrogen-bond acceptors (Lipinski definition) is 7. The van der Waals surface area contributed by atoms with Gasteiger partial charge < -0.3 is 36.0 Å². The summed E-state index contributed by atoms with van der Waals surface area (Å²) in [6, 6.07) is 0. The summed E-state index contributed by atoms with van der Waals surface area (Å²) in [4.78, 5) is 0. The van der Waals surface area contributed by atoms with E-state index >= 15 is 0 Å². The number of halogens is 3. The van der Waals surface area contributed by atoms with Gasteiger partial charge in [-0.05, 0) is 0 Å². The normalized spacial score (nSPS) is 10.8. The lowest BCUT2D eigenvalue weighted by Crippen LogP contribution is -2.05. The number of phenolic OH excluding ortho intramolecular Hbond substituents is 5. The third kappa shape index (κ3) is 2.06. The third-order valence-electron chi connectivity index (χ3n) is 3.14. The lowest BCUT2D eigenvalue weighted by molar-refractivity contribution is 0.329. The highest BCUT2D eigenvalue weighted by Gasteiger charge is 2.32. The monoisotopic (exact) mass is 333 g/mol. The van der Waals surface area contributed by atoms with Crippen LogP contribution >= 0.6 is 0 Å². The second kappa shape index (κ2) is 5.23. The summed E-state index contributed by atoms with van der Waals surface area (Å²) in [5.74, 6) is -13.1. The van der Waals surface area contributed by atoms with Crippen LogP contribution in [0.4, 0.5) is 18.9 Å². The number of methoxy groups -OCH3 is 1. The van der Waals surface area contributed by atoms with Crippen LogP contribution in [0.3, 0.4) is 0 Å². The van der Waals surface area contributed by atoms with Gasteiger partial charge in [0.1, 0.15) is 5.69 Å². The fraction of sp³-hybridized carbons (Fsp3) is 0.0769. The van der Waals surface area contributed by atoms with Crippen molar-refractivity contribution in [3.8, 4) is 45.6 Å². The van der Waals surface area contributed by atoms with Crippen LogP contribution in [0, 0.1) is 17.5 Å². The first-order chi connectivity index (χ1) is 10.6. The highest BCUT2D eigenvalue weighted by atomic mass is 19.2. The van der Waals surface area contributed by atoms with Gasteiger partial charge in [-0.2, -0.15) is 0 Å². The van der Waals surface area contributed by atoms with Crippen LogP contribution in [0.25, 0.3) is 11.1 Å². The van der Waals surface area contributed by atoms with E-state index < -0.39 is 68.8 Å². The van der Waals surface area contributed by atoms with Crippen molar-refractivity contribution in [2.24, 2.45) is 0 Å². The van der Waals surface area contributed by atoms with E-state index in [2.05, 4.69) is 4.74 Å². The minimum absolute atomic E-state index is 0.904. The molecule has 0 aliphatic rings. The van der Waals surface area contributed by atoms with Crippen LogP contribution in [0.15, 0.2) is 0 Å². The fourth-order valence-electron chi connectivity index (χ4n) is 2.00. The molecular formula is C13H10F3NO6. The molecule has 0 spiro atoms. The topological polar surface area (TPSA) is 136 Å². The summed E-state index contributed by atoms with van der Waals surface area (Å²) in [5.41, 5.74) is 1.59. The predicted octanol–water partition coefficient (Wildman–Crippen LogP) is 1.89. The van der Waals surface area contributed by atoms with E-state index in [0.717, 1.165) is 7.11 Å². The van der Waals surface area contributed by atoms with Gasteiger partial charge in [0.2, 0.25) is 17.2 Å². The van der Waals surface area contributed by atoms with Gasteiger partial charge in [-0.3, -0.25) is 0 Å². The molecule has 0 saturated heterocycles. The van der Waals surface area contributed by atoms with Crippen LogP contribution in [-0.2, 0) is 0 Å². The molecule has 0 aliphatic heterocycles. The third-order valence-corrected chi connectivity index (χ3v) is 3.14. The molecule has 0 amide bonds. The molecule has 0 radical (unpaired) electrons. The van der Waals surface area contributed by atoms with Gasteiger partial charge in [0.15, 0.2) is 34.7 Å². The number of rotatable bonds is 2. The number of benzene rings is 2. The first-order valence-electron chi connectivity index (χ1n) is 5.84. The zero-order valence-electron chi connectivity index (χ0n) is 11.4. The van der Waals surface area contributed by atoms with Gasteiger partial charge in [0.05, 0.1) is 18.2 Å². The number of hydrogen-bond donors (Lipinski definition) is 6. The summed E-state index contributed by atoms with van der Waals surface area (Å²) in [6.07, 6.45) is 0. The van der Waals surface area contributed by atoms with Crippen LogP contribution in [0.2, 0.25) is 0 Å². The molecule has 23 heavy (non-hydrogen) atoms. The van der Waals surface area contributed by atoms with Gasteiger partial charge >= 0.3 is 0 Å². The Kier molecular flexibility index (Phi) is 3.69. The van der Waals surface area contributed by atoms with E-state index in [1.165, 1.54) is 0 Å². The Morgan fingerprint density at radius 1 is 0.696 bits per heavy atom. The zero-order chi connectivity index (χ0) is 17.6. The van der Waals surface area contributed by atoms with Crippen molar-refractivity contribution in [3.63, 3.8) is 0 Å². The van der Waals surface area contributed by atoms with E-state index in [-0.39, 0.29) is 0 Å². The average molecular weight is 333 g/mol. The summed E-state index contributed by atoms with van der Waals surface area (Å²) >= 11 is 0. The zero-order valence-corrected chi connectivity index (χ0v) is 11.4. The molecule has 124 valence electrons.